The molecule has 0 fully saturated rings. The maximum Gasteiger partial charge on any atom is 0.307 e. The molecule has 1 atom stereocenters. The lowest BCUT2D eigenvalue weighted by atomic mass is 10.2. The van der Waals surface area contributed by atoms with Gasteiger partial charge in [0.2, 0.25) is 0 Å². The van der Waals surface area contributed by atoms with Gasteiger partial charge in [-0.2, -0.15) is 0 Å². The molecule has 1 unspecified atom stereocenters. The second kappa shape index (κ2) is 9.57. The zero-order valence-corrected chi connectivity index (χ0v) is 10.7. The van der Waals surface area contributed by atoms with Crippen LogP contribution in [-0.2, 0) is 19.0 Å². The van der Waals surface area contributed by atoms with Crippen molar-refractivity contribution in [3.63, 3.8) is 0 Å². The van der Waals surface area contributed by atoms with Crippen LogP contribution in [0.5, 0.6) is 0 Å². The summed E-state index contributed by atoms with van der Waals surface area (Å²) in [5, 5.41) is 0. The molecule has 5 nitrogen and oxygen atoms in total. The Morgan fingerprint density at radius 2 is 1.62 bits per heavy atom. The third-order valence-corrected chi connectivity index (χ3v) is 2.48. The first-order chi connectivity index (χ1) is 7.65. The minimum atomic E-state index is -0.188. The maximum atomic E-state index is 11.2. The molecule has 0 aromatic carbocycles. The van der Waals surface area contributed by atoms with Gasteiger partial charge in [-0.3, -0.25) is 9.69 Å². The minimum absolute atomic E-state index is 0.137. The summed E-state index contributed by atoms with van der Waals surface area (Å²) >= 11 is 0. The average molecular weight is 233 g/mol. The highest BCUT2D eigenvalue weighted by atomic mass is 16.5. The Kier molecular flexibility index (Phi) is 9.18. The SMILES string of the molecule is COCCN(CCOC)C(C)CC(=O)OC. The van der Waals surface area contributed by atoms with Crippen molar-refractivity contribution in [1.29, 1.82) is 0 Å². The molecule has 0 amide bonds. The molecule has 16 heavy (non-hydrogen) atoms. The monoisotopic (exact) mass is 233 g/mol. The molecule has 0 aliphatic carbocycles. The van der Waals surface area contributed by atoms with Crippen LogP contribution in [-0.4, -0.2) is 64.5 Å². The standard InChI is InChI=1S/C11H23NO4/c1-10(9-11(13)16-4)12(5-7-14-2)6-8-15-3/h10H,5-9H2,1-4H3. The van der Waals surface area contributed by atoms with Crippen LogP contribution in [0.3, 0.4) is 0 Å². The molecule has 0 saturated carbocycles. The molecule has 0 N–H and O–H groups in total. The largest absolute Gasteiger partial charge is 0.469 e. The van der Waals surface area contributed by atoms with E-state index in [9.17, 15) is 4.79 Å². The molecule has 0 aromatic rings. The Labute approximate surface area is 97.7 Å². The van der Waals surface area contributed by atoms with Gasteiger partial charge in [0.1, 0.15) is 0 Å². The van der Waals surface area contributed by atoms with Gasteiger partial charge in [0.25, 0.3) is 0 Å². The van der Waals surface area contributed by atoms with Crippen molar-refractivity contribution in [3.05, 3.63) is 0 Å². The van der Waals surface area contributed by atoms with Gasteiger partial charge < -0.3 is 14.2 Å². The van der Waals surface area contributed by atoms with Crippen molar-refractivity contribution < 1.29 is 19.0 Å². The number of esters is 1. The number of hydrogen-bond donors (Lipinski definition) is 0. The summed E-state index contributed by atoms with van der Waals surface area (Å²) in [7, 11) is 4.74. The second-order valence-electron chi connectivity index (χ2n) is 3.65. The molecule has 0 radical (unpaired) electrons. The van der Waals surface area contributed by atoms with Crippen LogP contribution in [0.25, 0.3) is 0 Å². The predicted octanol–water partition coefficient (Wildman–Crippen LogP) is 0.533. The van der Waals surface area contributed by atoms with Crippen molar-refractivity contribution in [2.75, 3.05) is 47.6 Å². The van der Waals surface area contributed by atoms with Crippen LogP contribution >= 0.6 is 0 Å². The highest BCUT2D eigenvalue weighted by Gasteiger charge is 2.16. The van der Waals surface area contributed by atoms with E-state index in [1.165, 1.54) is 7.11 Å². The number of methoxy groups -OCH3 is 3. The Bertz CT molecular complexity index is 179. The zero-order valence-electron chi connectivity index (χ0n) is 10.7. The highest BCUT2D eigenvalue weighted by Crippen LogP contribution is 2.04. The molecule has 0 aromatic heterocycles. The van der Waals surface area contributed by atoms with E-state index in [1.807, 2.05) is 6.92 Å². The van der Waals surface area contributed by atoms with Gasteiger partial charge in [-0.05, 0) is 6.92 Å². The van der Waals surface area contributed by atoms with Gasteiger partial charge in [-0.1, -0.05) is 0 Å². The van der Waals surface area contributed by atoms with E-state index in [4.69, 9.17) is 9.47 Å². The molecule has 0 aliphatic rings. The maximum absolute atomic E-state index is 11.2. The quantitative estimate of drug-likeness (QED) is 0.544. The number of carbonyl (C=O) groups is 1. The van der Waals surface area contributed by atoms with Crippen LogP contribution in [0.2, 0.25) is 0 Å². The summed E-state index contributed by atoms with van der Waals surface area (Å²) in [5.74, 6) is -0.188. The fraction of sp³-hybridized carbons (Fsp3) is 0.909. The summed E-state index contributed by atoms with van der Waals surface area (Å²) in [5.41, 5.74) is 0. The number of ether oxygens (including phenoxy) is 3. The Balaban J connectivity index is 4.07. The van der Waals surface area contributed by atoms with Gasteiger partial charge in [0.15, 0.2) is 0 Å². The van der Waals surface area contributed by atoms with Crippen LogP contribution in [0.1, 0.15) is 13.3 Å². The zero-order chi connectivity index (χ0) is 12.4. The topological polar surface area (TPSA) is 48.0 Å². The van der Waals surface area contributed by atoms with Gasteiger partial charge in [0.05, 0.1) is 26.7 Å². The van der Waals surface area contributed by atoms with Gasteiger partial charge in [-0.25, -0.2) is 0 Å². The normalized spacial score (nSPS) is 12.8. The lowest BCUT2D eigenvalue weighted by Gasteiger charge is -2.27. The van der Waals surface area contributed by atoms with E-state index in [1.54, 1.807) is 14.2 Å². The second-order valence-corrected chi connectivity index (χ2v) is 3.65. The lowest BCUT2D eigenvalue weighted by Crippen LogP contribution is -2.39. The molecule has 0 saturated heterocycles. The number of rotatable bonds is 9. The molecule has 0 rings (SSSR count). The number of carbonyl (C=O) groups excluding carboxylic acids is 1. The third kappa shape index (κ3) is 6.76. The van der Waals surface area contributed by atoms with E-state index in [0.29, 0.717) is 19.6 Å². The molecule has 0 aliphatic heterocycles. The Hall–Kier alpha value is -0.650. The average Bonchev–Trinajstić information content (AvgIpc) is 2.28. The van der Waals surface area contributed by atoms with E-state index in [0.717, 1.165) is 13.1 Å². The van der Waals surface area contributed by atoms with Crippen LogP contribution in [0.15, 0.2) is 0 Å². The van der Waals surface area contributed by atoms with Crippen LogP contribution in [0.4, 0.5) is 0 Å². The molecule has 0 spiro atoms. The summed E-state index contributed by atoms with van der Waals surface area (Å²) in [6.07, 6.45) is 0.393. The summed E-state index contributed by atoms with van der Waals surface area (Å²) < 4.78 is 14.7. The van der Waals surface area contributed by atoms with Crippen LogP contribution < -0.4 is 0 Å². The van der Waals surface area contributed by atoms with Gasteiger partial charge in [-0.15, -0.1) is 0 Å². The van der Waals surface area contributed by atoms with Crippen molar-refractivity contribution in [2.45, 2.75) is 19.4 Å². The molecule has 0 heterocycles. The van der Waals surface area contributed by atoms with E-state index in [-0.39, 0.29) is 12.0 Å². The molecular formula is C11H23NO4. The fourth-order valence-corrected chi connectivity index (χ4v) is 1.42. The minimum Gasteiger partial charge on any atom is -0.469 e. The van der Waals surface area contributed by atoms with Crippen molar-refractivity contribution in [3.8, 4) is 0 Å². The molecule has 5 heteroatoms. The van der Waals surface area contributed by atoms with Crippen molar-refractivity contribution in [1.82, 2.24) is 4.90 Å². The number of hydrogen-bond acceptors (Lipinski definition) is 5. The van der Waals surface area contributed by atoms with Crippen LogP contribution in [0, 0.1) is 0 Å². The third-order valence-electron chi connectivity index (χ3n) is 2.48. The van der Waals surface area contributed by atoms with E-state index >= 15 is 0 Å². The van der Waals surface area contributed by atoms with Gasteiger partial charge in [0, 0.05) is 33.4 Å². The summed E-state index contributed by atoms with van der Waals surface area (Å²) in [6, 6.07) is 0.137. The first kappa shape index (κ1) is 15.3. The van der Waals surface area contributed by atoms with E-state index in [2.05, 4.69) is 9.64 Å². The predicted molar refractivity (Wildman–Crippen MR) is 61.4 cm³/mol. The lowest BCUT2D eigenvalue weighted by molar-refractivity contribution is -0.142. The Morgan fingerprint density at radius 1 is 1.12 bits per heavy atom. The van der Waals surface area contributed by atoms with E-state index < -0.39 is 0 Å². The summed E-state index contributed by atoms with van der Waals surface area (Å²) in [6.45, 7) is 4.88. The first-order valence-electron chi connectivity index (χ1n) is 5.44. The summed E-state index contributed by atoms with van der Waals surface area (Å²) in [4.78, 5) is 13.3. The molecular weight excluding hydrogens is 210 g/mol. The van der Waals surface area contributed by atoms with Gasteiger partial charge >= 0.3 is 5.97 Å². The molecule has 96 valence electrons. The van der Waals surface area contributed by atoms with Crippen molar-refractivity contribution in [2.24, 2.45) is 0 Å². The number of nitrogens with zero attached hydrogens (tertiary/aromatic N) is 1. The smallest absolute Gasteiger partial charge is 0.307 e. The fourth-order valence-electron chi connectivity index (χ4n) is 1.42. The Morgan fingerprint density at radius 3 is 2.00 bits per heavy atom. The van der Waals surface area contributed by atoms with Crippen molar-refractivity contribution >= 4 is 5.97 Å². The molecule has 0 bridgehead atoms. The highest BCUT2D eigenvalue weighted by molar-refractivity contribution is 5.69. The first-order valence-corrected chi connectivity index (χ1v) is 5.44.